The second-order valence-electron chi connectivity index (χ2n) is 6.30. The van der Waals surface area contributed by atoms with Crippen molar-refractivity contribution in [3.8, 4) is 0 Å². The number of allylic oxidation sites excluding steroid dienone is 1. The first-order valence-corrected chi connectivity index (χ1v) is 7.83. The van der Waals surface area contributed by atoms with Crippen molar-refractivity contribution in [3.63, 3.8) is 0 Å². The highest BCUT2D eigenvalue weighted by molar-refractivity contribution is 7.80. The summed E-state index contributed by atoms with van der Waals surface area (Å²) in [5.41, 5.74) is 1.83. The maximum absolute atomic E-state index is 12.7. The van der Waals surface area contributed by atoms with Crippen LogP contribution in [0.25, 0.3) is 0 Å². The Bertz CT molecular complexity index is 649. The van der Waals surface area contributed by atoms with Crippen LogP contribution in [0.5, 0.6) is 0 Å². The van der Waals surface area contributed by atoms with Gasteiger partial charge in [-0.2, -0.15) is 0 Å². The predicted octanol–water partition coefficient (Wildman–Crippen LogP) is 3.05. The second-order valence-corrected chi connectivity index (χ2v) is 7.11. The van der Waals surface area contributed by atoms with E-state index in [0.29, 0.717) is 15.7 Å². The molecule has 1 aliphatic heterocycles. The lowest BCUT2D eigenvalue weighted by atomic mass is 9.94. The minimum absolute atomic E-state index is 0.141. The fourth-order valence-corrected chi connectivity index (χ4v) is 2.86. The van der Waals surface area contributed by atoms with Gasteiger partial charge in [-0.15, -0.1) is 0 Å². The van der Waals surface area contributed by atoms with Gasteiger partial charge in [-0.1, -0.05) is 29.8 Å². The molecule has 0 radical (unpaired) electrons. The Morgan fingerprint density at radius 1 is 1.32 bits per heavy atom. The van der Waals surface area contributed by atoms with Crippen LogP contribution in [-0.2, 0) is 4.79 Å². The van der Waals surface area contributed by atoms with Crippen LogP contribution in [0.3, 0.4) is 0 Å². The molecule has 0 saturated heterocycles. The molecule has 1 amide bonds. The highest BCUT2D eigenvalue weighted by Gasteiger charge is 2.32. The normalized spacial score (nSPS) is 18.6. The number of halogens is 1. The third-order valence-corrected chi connectivity index (χ3v) is 3.78. The molecule has 2 rings (SSSR count). The van der Waals surface area contributed by atoms with E-state index >= 15 is 0 Å². The molecule has 1 aliphatic rings. The molecule has 3 N–H and O–H groups in total. The van der Waals surface area contributed by atoms with Gasteiger partial charge < -0.3 is 16.0 Å². The van der Waals surface area contributed by atoms with Gasteiger partial charge in [0.2, 0.25) is 0 Å². The summed E-state index contributed by atoms with van der Waals surface area (Å²) < 4.78 is 0. The van der Waals surface area contributed by atoms with Crippen LogP contribution in [-0.4, -0.2) is 16.6 Å². The number of nitrogens with one attached hydrogen (secondary N) is 3. The van der Waals surface area contributed by atoms with E-state index in [0.717, 1.165) is 11.3 Å². The Morgan fingerprint density at radius 2 is 1.95 bits per heavy atom. The van der Waals surface area contributed by atoms with Crippen molar-refractivity contribution < 1.29 is 4.79 Å². The SMILES string of the molecule is CC1=C(C(=O)NC(C)(C)C)C(c2ccccc2Cl)NC(=S)N1. The molecule has 1 aromatic carbocycles. The minimum Gasteiger partial charge on any atom is -0.351 e. The van der Waals surface area contributed by atoms with Crippen LogP contribution in [0.2, 0.25) is 5.02 Å². The van der Waals surface area contributed by atoms with E-state index in [1.54, 1.807) is 6.07 Å². The van der Waals surface area contributed by atoms with Crippen LogP contribution in [0, 0.1) is 0 Å². The number of thiocarbonyl (C=S) groups is 1. The molecular formula is C16H20ClN3OS. The smallest absolute Gasteiger partial charge is 0.251 e. The summed E-state index contributed by atoms with van der Waals surface area (Å²) in [4.78, 5) is 12.7. The highest BCUT2D eigenvalue weighted by Crippen LogP contribution is 2.31. The first-order chi connectivity index (χ1) is 10.2. The molecule has 1 atom stereocenters. The number of carbonyl (C=O) groups excluding carboxylic acids is 1. The summed E-state index contributed by atoms with van der Waals surface area (Å²) in [6.07, 6.45) is 0. The van der Waals surface area contributed by atoms with Crippen molar-refractivity contribution in [3.05, 3.63) is 46.1 Å². The van der Waals surface area contributed by atoms with E-state index < -0.39 is 0 Å². The fraction of sp³-hybridized carbons (Fsp3) is 0.375. The van der Waals surface area contributed by atoms with E-state index in [1.165, 1.54) is 0 Å². The summed E-state index contributed by atoms with van der Waals surface area (Å²) in [7, 11) is 0. The zero-order chi connectivity index (χ0) is 16.5. The van der Waals surface area contributed by atoms with E-state index in [1.807, 2.05) is 45.9 Å². The molecule has 1 unspecified atom stereocenters. The zero-order valence-electron chi connectivity index (χ0n) is 13.1. The number of carbonyl (C=O) groups is 1. The summed E-state index contributed by atoms with van der Waals surface area (Å²) in [5, 5.41) is 10.2. The maximum atomic E-state index is 12.7. The van der Waals surface area contributed by atoms with Crippen molar-refractivity contribution in [1.82, 2.24) is 16.0 Å². The van der Waals surface area contributed by atoms with Gasteiger partial charge in [-0.25, -0.2) is 0 Å². The van der Waals surface area contributed by atoms with Gasteiger partial charge in [-0.3, -0.25) is 4.79 Å². The van der Waals surface area contributed by atoms with Crippen LogP contribution in [0.15, 0.2) is 35.5 Å². The van der Waals surface area contributed by atoms with Crippen molar-refractivity contribution in [1.29, 1.82) is 0 Å². The van der Waals surface area contributed by atoms with Crippen LogP contribution >= 0.6 is 23.8 Å². The summed E-state index contributed by atoms with van der Waals surface area (Å²) in [6.45, 7) is 7.67. The molecule has 1 aromatic rings. The number of hydrogen-bond acceptors (Lipinski definition) is 2. The van der Waals surface area contributed by atoms with Crippen molar-refractivity contribution in [2.75, 3.05) is 0 Å². The van der Waals surface area contributed by atoms with E-state index in [4.69, 9.17) is 23.8 Å². The number of benzene rings is 1. The molecule has 0 aliphatic carbocycles. The molecule has 0 aromatic heterocycles. The lowest BCUT2D eigenvalue weighted by Crippen LogP contribution is -2.49. The first kappa shape index (κ1) is 16.8. The Kier molecular flexibility index (Phi) is 4.78. The van der Waals surface area contributed by atoms with Gasteiger partial charge >= 0.3 is 0 Å². The zero-order valence-corrected chi connectivity index (χ0v) is 14.7. The Labute approximate surface area is 141 Å². The average molecular weight is 338 g/mol. The maximum Gasteiger partial charge on any atom is 0.251 e. The van der Waals surface area contributed by atoms with Gasteiger partial charge in [0.05, 0.1) is 11.6 Å². The summed E-state index contributed by atoms with van der Waals surface area (Å²) in [5.74, 6) is -0.141. The van der Waals surface area contributed by atoms with Crippen LogP contribution < -0.4 is 16.0 Å². The molecule has 0 fully saturated rings. The Balaban J connectivity index is 2.46. The lowest BCUT2D eigenvalue weighted by molar-refractivity contribution is -0.119. The van der Waals surface area contributed by atoms with Crippen molar-refractivity contribution in [2.24, 2.45) is 0 Å². The lowest BCUT2D eigenvalue weighted by Gasteiger charge is -2.32. The largest absolute Gasteiger partial charge is 0.351 e. The van der Waals surface area contributed by atoms with Gasteiger partial charge in [0, 0.05) is 16.3 Å². The third-order valence-electron chi connectivity index (χ3n) is 3.22. The molecule has 0 saturated carbocycles. The Hall–Kier alpha value is -1.59. The monoisotopic (exact) mass is 337 g/mol. The number of hydrogen-bond donors (Lipinski definition) is 3. The molecule has 0 spiro atoms. The molecule has 22 heavy (non-hydrogen) atoms. The van der Waals surface area contributed by atoms with E-state index in [2.05, 4.69) is 16.0 Å². The number of rotatable bonds is 2. The van der Waals surface area contributed by atoms with Crippen LogP contribution in [0.4, 0.5) is 0 Å². The molecule has 6 heteroatoms. The van der Waals surface area contributed by atoms with Crippen molar-refractivity contribution >= 4 is 34.8 Å². The van der Waals surface area contributed by atoms with E-state index in [9.17, 15) is 4.79 Å². The van der Waals surface area contributed by atoms with Gasteiger partial charge in [0.15, 0.2) is 5.11 Å². The number of amides is 1. The van der Waals surface area contributed by atoms with Gasteiger partial charge in [0.1, 0.15) is 0 Å². The highest BCUT2D eigenvalue weighted by atomic mass is 35.5. The minimum atomic E-state index is -0.371. The summed E-state index contributed by atoms with van der Waals surface area (Å²) in [6, 6.07) is 7.08. The fourth-order valence-electron chi connectivity index (χ4n) is 2.35. The van der Waals surface area contributed by atoms with Gasteiger partial charge in [-0.05, 0) is 51.5 Å². The average Bonchev–Trinajstić information content (AvgIpc) is 2.35. The topological polar surface area (TPSA) is 53.2 Å². The first-order valence-electron chi connectivity index (χ1n) is 7.04. The third kappa shape index (κ3) is 3.78. The molecule has 1 heterocycles. The summed E-state index contributed by atoms with van der Waals surface area (Å²) >= 11 is 11.5. The molecule has 118 valence electrons. The second kappa shape index (κ2) is 6.26. The quantitative estimate of drug-likeness (QED) is 0.726. The molecular weight excluding hydrogens is 318 g/mol. The van der Waals surface area contributed by atoms with Gasteiger partial charge in [0.25, 0.3) is 5.91 Å². The standard InChI is InChI=1S/C16H20ClN3OS/c1-9-12(14(21)20-16(2,3)4)13(19-15(22)18-9)10-7-5-6-8-11(10)17/h5-8,13H,1-4H3,(H,20,21)(H2,18,19,22). The van der Waals surface area contributed by atoms with Crippen LogP contribution in [0.1, 0.15) is 39.3 Å². The van der Waals surface area contributed by atoms with Crippen molar-refractivity contribution in [2.45, 2.75) is 39.3 Å². The molecule has 0 bridgehead atoms. The predicted molar refractivity (Wildman–Crippen MR) is 93.7 cm³/mol. The molecule has 4 nitrogen and oxygen atoms in total. The van der Waals surface area contributed by atoms with E-state index in [-0.39, 0.29) is 17.5 Å². The Morgan fingerprint density at radius 3 is 2.55 bits per heavy atom.